The molecule has 0 atom stereocenters. The van der Waals surface area contributed by atoms with Crippen molar-refractivity contribution in [2.75, 3.05) is 31.2 Å². The van der Waals surface area contributed by atoms with E-state index in [9.17, 15) is 18.0 Å². The molecule has 0 saturated heterocycles. The lowest BCUT2D eigenvalue weighted by molar-refractivity contribution is -0.147. The minimum Gasteiger partial charge on any atom is -0.494 e. The first kappa shape index (κ1) is 21.8. The molecule has 1 N–H and O–H groups in total. The normalized spacial score (nSPS) is 13.0. The Bertz CT molecular complexity index is 1000. The SMILES string of the molecule is CCOc1ccc(S(=O)(=O)NCCC(=O)OCC(=O)N2CCc3ccccc32)cc1. The van der Waals surface area contributed by atoms with E-state index in [1.54, 1.807) is 17.0 Å². The van der Waals surface area contributed by atoms with Crippen molar-refractivity contribution in [3.63, 3.8) is 0 Å². The van der Waals surface area contributed by atoms with E-state index in [4.69, 9.17) is 9.47 Å². The van der Waals surface area contributed by atoms with Crippen LogP contribution in [0.25, 0.3) is 0 Å². The number of anilines is 1. The zero-order chi connectivity index (χ0) is 21.6. The molecule has 1 heterocycles. The minimum atomic E-state index is -3.75. The summed E-state index contributed by atoms with van der Waals surface area (Å²) in [5.41, 5.74) is 1.92. The predicted molar refractivity (Wildman–Crippen MR) is 111 cm³/mol. The first-order valence-corrected chi connectivity index (χ1v) is 11.2. The molecule has 160 valence electrons. The van der Waals surface area contributed by atoms with Crippen LogP contribution in [0.4, 0.5) is 5.69 Å². The number of nitrogens with one attached hydrogen (secondary N) is 1. The standard InChI is InChI=1S/C21H24N2O6S/c1-2-28-17-7-9-18(10-8-17)30(26,27)22-13-11-21(25)29-15-20(24)23-14-12-16-5-3-4-6-19(16)23/h3-10,22H,2,11-15H2,1H3. The minimum absolute atomic E-state index is 0.0715. The highest BCUT2D eigenvalue weighted by Gasteiger charge is 2.25. The predicted octanol–water partition coefficient (Wildman–Crippen LogP) is 1.89. The molecular weight excluding hydrogens is 408 g/mol. The van der Waals surface area contributed by atoms with Crippen LogP contribution in [0.2, 0.25) is 0 Å². The number of benzene rings is 2. The molecule has 0 spiro atoms. The van der Waals surface area contributed by atoms with Crippen LogP contribution in [0.3, 0.4) is 0 Å². The molecule has 0 bridgehead atoms. The number of sulfonamides is 1. The quantitative estimate of drug-likeness (QED) is 0.607. The maximum Gasteiger partial charge on any atom is 0.307 e. The lowest BCUT2D eigenvalue weighted by Crippen LogP contribution is -2.33. The number of carbonyl (C=O) groups excluding carboxylic acids is 2. The van der Waals surface area contributed by atoms with Crippen molar-refractivity contribution in [3.8, 4) is 5.75 Å². The van der Waals surface area contributed by atoms with E-state index in [1.165, 1.54) is 12.1 Å². The van der Waals surface area contributed by atoms with Gasteiger partial charge in [-0.05, 0) is 49.2 Å². The van der Waals surface area contributed by atoms with Crippen molar-refractivity contribution in [2.45, 2.75) is 24.7 Å². The highest BCUT2D eigenvalue weighted by atomic mass is 32.2. The summed E-state index contributed by atoms with van der Waals surface area (Å²) in [7, 11) is -3.75. The highest BCUT2D eigenvalue weighted by molar-refractivity contribution is 7.89. The maximum absolute atomic E-state index is 12.3. The Morgan fingerprint density at radius 1 is 1.10 bits per heavy atom. The van der Waals surface area contributed by atoms with E-state index in [-0.39, 0.29) is 30.4 Å². The lowest BCUT2D eigenvalue weighted by atomic mass is 10.2. The van der Waals surface area contributed by atoms with E-state index in [2.05, 4.69) is 4.72 Å². The van der Waals surface area contributed by atoms with Gasteiger partial charge in [-0.2, -0.15) is 0 Å². The second kappa shape index (κ2) is 9.73. The third-order valence-electron chi connectivity index (χ3n) is 4.61. The summed E-state index contributed by atoms with van der Waals surface area (Å²) in [6.07, 6.45) is 0.587. The molecule has 2 aromatic carbocycles. The number of rotatable bonds is 9. The third kappa shape index (κ3) is 5.37. The van der Waals surface area contributed by atoms with E-state index in [0.29, 0.717) is 18.9 Å². The summed E-state index contributed by atoms with van der Waals surface area (Å²) in [5.74, 6) is -0.376. The lowest BCUT2D eigenvalue weighted by Gasteiger charge is -2.17. The Kier molecular flexibility index (Phi) is 7.07. The average Bonchev–Trinajstić information content (AvgIpc) is 3.17. The van der Waals surface area contributed by atoms with Crippen LogP contribution in [0.5, 0.6) is 5.75 Å². The van der Waals surface area contributed by atoms with Crippen LogP contribution >= 0.6 is 0 Å². The number of hydrogen-bond acceptors (Lipinski definition) is 6. The Morgan fingerprint density at radius 3 is 2.57 bits per heavy atom. The van der Waals surface area contributed by atoms with Crippen molar-refractivity contribution in [1.82, 2.24) is 4.72 Å². The molecule has 0 radical (unpaired) electrons. The molecule has 2 aromatic rings. The zero-order valence-electron chi connectivity index (χ0n) is 16.7. The molecule has 0 fully saturated rings. The Balaban J connectivity index is 1.43. The summed E-state index contributed by atoms with van der Waals surface area (Å²) < 4.78 is 37.2. The fourth-order valence-corrected chi connectivity index (χ4v) is 4.17. The maximum atomic E-state index is 12.3. The number of fused-ring (bicyclic) bond motifs is 1. The first-order valence-electron chi connectivity index (χ1n) is 9.67. The molecule has 0 aromatic heterocycles. The molecule has 8 nitrogen and oxygen atoms in total. The molecule has 0 unspecified atom stereocenters. The van der Waals surface area contributed by atoms with Gasteiger partial charge in [0.2, 0.25) is 10.0 Å². The molecular formula is C21H24N2O6S. The van der Waals surface area contributed by atoms with Crippen molar-refractivity contribution in [2.24, 2.45) is 0 Å². The van der Waals surface area contributed by atoms with Crippen LogP contribution in [-0.2, 0) is 30.8 Å². The van der Waals surface area contributed by atoms with Crippen molar-refractivity contribution in [1.29, 1.82) is 0 Å². The van der Waals surface area contributed by atoms with Gasteiger partial charge < -0.3 is 14.4 Å². The Labute approximate surface area is 175 Å². The number of carbonyl (C=O) groups is 2. The molecule has 0 saturated carbocycles. The number of para-hydroxylation sites is 1. The van der Waals surface area contributed by atoms with Gasteiger partial charge in [-0.3, -0.25) is 9.59 Å². The summed E-state index contributed by atoms with van der Waals surface area (Å²) in [5, 5.41) is 0. The number of hydrogen-bond donors (Lipinski definition) is 1. The fraction of sp³-hybridized carbons (Fsp3) is 0.333. The van der Waals surface area contributed by atoms with Gasteiger partial charge >= 0.3 is 5.97 Å². The summed E-state index contributed by atoms with van der Waals surface area (Å²) in [4.78, 5) is 25.9. The van der Waals surface area contributed by atoms with Crippen LogP contribution in [-0.4, -0.2) is 46.6 Å². The second-order valence-electron chi connectivity index (χ2n) is 6.64. The van der Waals surface area contributed by atoms with Gasteiger partial charge in [0.25, 0.3) is 5.91 Å². The molecule has 9 heteroatoms. The van der Waals surface area contributed by atoms with Crippen LogP contribution in [0.15, 0.2) is 53.4 Å². The van der Waals surface area contributed by atoms with E-state index >= 15 is 0 Å². The number of amides is 1. The summed E-state index contributed by atoms with van der Waals surface area (Å²) in [6.45, 7) is 2.37. The van der Waals surface area contributed by atoms with Gasteiger partial charge in [-0.1, -0.05) is 18.2 Å². The van der Waals surface area contributed by atoms with E-state index in [0.717, 1.165) is 17.7 Å². The largest absolute Gasteiger partial charge is 0.494 e. The van der Waals surface area contributed by atoms with Gasteiger partial charge in [0.1, 0.15) is 5.75 Å². The van der Waals surface area contributed by atoms with Crippen molar-refractivity contribution >= 4 is 27.6 Å². The van der Waals surface area contributed by atoms with Gasteiger partial charge in [0, 0.05) is 18.8 Å². The van der Waals surface area contributed by atoms with Gasteiger partial charge in [0.05, 0.1) is 17.9 Å². The summed E-state index contributed by atoms with van der Waals surface area (Å²) in [6, 6.07) is 13.6. The first-order chi connectivity index (χ1) is 14.4. The molecule has 0 aliphatic carbocycles. The molecule has 1 aliphatic rings. The fourth-order valence-electron chi connectivity index (χ4n) is 3.14. The molecule has 1 amide bonds. The highest BCUT2D eigenvalue weighted by Crippen LogP contribution is 2.27. The smallest absolute Gasteiger partial charge is 0.307 e. The second-order valence-corrected chi connectivity index (χ2v) is 8.40. The van der Waals surface area contributed by atoms with Crippen LogP contribution in [0.1, 0.15) is 18.9 Å². The molecule has 1 aliphatic heterocycles. The number of ether oxygens (including phenoxy) is 2. The Morgan fingerprint density at radius 2 is 1.83 bits per heavy atom. The van der Waals surface area contributed by atoms with E-state index < -0.39 is 16.0 Å². The number of nitrogens with zero attached hydrogens (tertiary/aromatic N) is 1. The molecule has 3 rings (SSSR count). The van der Waals surface area contributed by atoms with Crippen molar-refractivity contribution in [3.05, 3.63) is 54.1 Å². The topological polar surface area (TPSA) is 102 Å². The van der Waals surface area contributed by atoms with Crippen molar-refractivity contribution < 1.29 is 27.5 Å². The van der Waals surface area contributed by atoms with Gasteiger partial charge in [-0.25, -0.2) is 13.1 Å². The van der Waals surface area contributed by atoms with Gasteiger partial charge in [0.15, 0.2) is 6.61 Å². The number of esters is 1. The third-order valence-corrected chi connectivity index (χ3v) is 6.09. The van der Waals surface area contributed by atoms with Crippen LogP contribution < -0.4 is 14.4 Å². The van der Waals surface area contributed by atoms with Crippen LogP contribution in [0, 0.1) is 0 Å². The zero-order valence-corrected chi connectivity index (χ0v) is 17.5. The summed E-state index contributed by atoms with van der Waals surface area (Å²) >= 11 is 0. The Hall–Kier alpha value is -2.91. The van der Waals surface area contributed by atoms with Gasteiger partial charge in [-0.15, -0.1) is 0 Å². The average molecular weight is 432 g/mol. The monoisotopic (exact) mass is 432 g/mol. The van der Waals surface area contributed by atoms with E-state index in [1.807, 2.05) is 31.2 Å². The molecule has 30 heavy (non-hydrogen) atoms.